The predicted molar refractivity (Wildman–Crippen MR) is 90.6 cm³/mol. The van der Waals surface area contributed by atoms with Crippen LogP contribution in [0.2, 0.25) is 0 Å². The topological polar surface area (TPSA) is 41.9 Å². The fourth-order valence-corrected chi connectivity index (χ4v) is 4.04. The Bertz CT molecular complexity index is 560. The van der Waals surface area contributed by atoms with E-state index in [1.54, 1.807) is 7.11 Å². The van der Waals surface area contributed by atoms with Gasteiger partial charge in [-0.2, -0.15) is 0 Å². The van der Waals surface area contributed by atoms with Gasteiger partial charge in [0.05, 0.1) is 20.3 Å². The van der Waals surface area contributed by atoms with Crippen molar-refractivity contribution < 1.29 is 14.6 Å². The van der Waals surface area contributed by atoms with E-state index in [0.717, 1.165) is 51.4 Å². The molecule has 3 rings (SSSR count). The third-order valence-electron chi connectivity index (χ3n) is 5.38. The number of ether oxygens (including phenoxy) is 2. The van der Waals surface area contributed by atoms with Gasteiger partial charge < -0.3 is 14.6 Å². The van der Waals surface area contributed by atoms with Crippen molar-refractivity contribution in [1.82, 2.24) is 4.90 Å². The molecule has 2 atom stereocenters. The van der Waals surface area contributed by atoms with E-state index in [2.05, 4.69) is 23.6 Å². The lowest BCUT2D eigenvalue weighted by Gasteiger charge is -2.36. The molecule has 2 fully saturated rings. The van der Waals surface area contributed by atoms with E-state index in [1.165, 1.54) is 11.1 Å². The Morgan fingerprint density at radius 1 is 1.52 bits per heavy atom. The number of rotatable bonds is 6. The van der Waals surface area contributed by atoms with Gasteiger partial charge in [-0.15, -0.1) is 6.58 Å². The monoisotopic (exact) mass is 317 g/mol. The van der Waals surface area contributed by atoms with Crippen LogP contribution in [0.25, 0.3) is 0 Å². The summed E-state index contributed by atoms with van der Waals surface area (Å²) in [7, 11) is 1.71. The fourth-order valence-electron chi connectivity index (χ4n) is 4.04. The number of aliphatic hydroxyl groups is 1. The molecule has 1 N–H and O–H groups in total. The highest BCUT2D eigenvalue weighted by molar-refractivity contribution is 5.38. The van der Waals surface area contributed by atoms with Gasteiger partial charge in [0.15, 0.2) is 0 Å². The number of likely N-dealkylation sites (tertiary alicyclic amines) is 1. The number of nitrogens with zero attached hydrogens (tertiary/aromatic N) is 1. The average Bonchev–Trinajstić information content (AvgIpc) is 2.94. The van der Waals surface area contributed by atoms with E-state index in [4.69, 9.17) is 9.47 Å². The molecule has 0 spiro atoms. The molecule has 1 aromatic rings. The van der Waals surface area contributed by atoms with Crippen LogP contribution in [0, 0.1) is 11.3 Å². The number of fused-ring (bicyclic) bond motifs is 1. The Labute approximate surface area is 138 Å². The van der Waals surface area contributed by atoms with Gasteiger partial charge in [-0.25, -0.2) is 0 Å². The standard InChI is InChI=1S/C19H27NO3/c1-3-4-16-9-15(5-6-18(16)22-2)10-20-11-17-12-23-8-7-19(17,13-20)14-21/h3,5-6,9,17,21H,1,4,7-8,10-14H2,2H3/t17-,19-/m1/s1. The lowest BCUT2D eigenvalue weighted by atomic mass is 9.75. The van der Waals surface area contributed by atoms with Crippen LogP contribution in [0.5, 0.6) is 5.75 Å². The molecule has 2 heterocycles. The molecule has 0 aliphatic carbocycles. The molecule has 0 saturated carbocycles. The minimum Gasteiger partial charge on any atom is -0.496 e. The zero-order chi connectivity index (χ0) is 16.3. The molecule has 0 bridgehead atoms. The van der Waals surface area contributed by atoms with Crippen molar-refractivity contribution in [2.75, 3.05) is 40.0 Å². The summed E-state index contributed by atoms with van der Waals surface area (Å²) in [5, 5.41) is 9.91. The first-order valence-corrected chi connectivity index (χ1v) is 8.38. The highest BCUT2D eigenvalue weighted by Crippen LogP contribution is 2.42. The van der Waals surface area contributed by atoms with Crippen LogP contribution in [-0.4, -0.2) is 50.0 Å². The van der Waals surface area contributed by atoms with E-state index in [1.807, 2.05) is 12.1 Å². The SMILES string of the molecule is C=CCc1cc(CN2C[C@@H]3COCC[C@]3(CO)C2)ccc1OC. The maximum absolute atomic E-state index is 9.91. The van der Waals surface area contributed by atoms with Crippen molar-refractivity contribution >= 4 is 0 Å². The van der Waals surface area contributed by atoms with Gasteiger partial charge >= 0.3 is 0 Å². The first kappa shape index (κ1) is 16.5. The van der Waals surface area contributed by atoms with E-state index in [0.29, 0.717) is 5.92 Å². The summed E-state index contributed by atoms with van der Waals surface area (Å²) in [5.74, 6) is 1.37. The molecule has 0 aromatic heterocycles. The van der Waals surface area contributed by atoms with E-state index in [-0.39, 0.29) is 12.0 Å². The Morgan fingerprint density at radius 2 is 2.39 bits per heavy atom. The van der Waals surface area contributed by atoms with Crippen LogP contribution in [0.15, 0.2) is 30.9 Å². The van der Waals surface area contributed by atoms with Gasteiger partial charge in [0, 0.05) is 37.6 Å². The van der Waals surface area contributed by atoms with Crippen molar-refractivity contribution in [1.29, 1.82) is 0 Å². The van der Waals surface area contributed by atoms with Gasteiger partial charge in [-0.1, -0.05) is 18.2 Å². The molecule has 126 valence electrons. The number of aliphatic hydroxyl groups excluding tert-OH is 1. The smallest absolute Gasteiger partial charge is 0.122 e. The first-order valence-electron chi connectivity index (χ1n) is 8.38. The molecule has 2 aliphatic heterocycles. The van der Waals surface area contributed by atoms with Gasteiger partial charge in [-0.3, -0.25) is 4.90 Å². The molecule has 0 amide bonds. The van der Waals surface area contributed by atoms with Crippen molar-refractivity contribution in [3.63, 3.8) is 0 Å². The van der Waals surface area contributed by atoms with Crippen LogP contribution >= 0.6 is 0 Å². The molecule has 2 saturated heterocycles. The molecule has 1 aromatic carbocycles. The normalized spacial score (nSPS) is 27.7. The van der Waals surface area contributed by atoms with Gasteiger partial charge in [0.25, 0.3) is 0 Å². The van der Waals surface area contributed by atoms with Crippen molar-refractivity contribution in [2.24, 2.45) is 11.3 Å². The Morgan fingerprint density at radius 3 is 3.09 bits per heavy atom. The van der Waals surface area contributed by atoms with Crippen LogP contribution < -0.4 is 4.74 Å². The van der Waals surface area contributed by atoms with E-state index < -0.39 is 0 Å². The molecular weight excluding hydrogens is 290 g/mol. The number of benzene rings is 1. The van der Waals surface area contributed by atoms with E-state index in [9.17, 15) is 5.11 Å². The highest BCUT2D eigenvalue weighted by Gasteiger charge is 2.47. The van der Waals surface area contributed by atoms with Crippen molar-refractivity contribution in [2.45, 2.75) is 19.4 Å². The Kier molecular flexibility index (Phi) is 5.05. The molecule has 0 unspecified atom stereocenters. The first-order chi connectivity index (χ1) is 11.2. The van der Waals surface area contributed by atoms with Crippen LogP contribution in [0.3, 0.4) is 0 Å². The van der Waals surface area contributed by atoms with Crippen LogP contribution in [0.4, 0.5) is 0 Å². The third-order valence-corrected chi connectivity index (χ3v) is 5.38. The molecule has 2 aliphatic rings. The van der Waals surface area contributed by atoms with Gasteiger partial charge in [-0.05, 0) is 30.0 Å². The predicted octanol–water partition coefficient (Wildman–Crippen LogP) is 2.25. The second kappa shape index (κ2) is 7.04. The summed E-state index contributed by atoms with van der Waals surface area (Å²) in [4.78, 5) is 2.45. The highest BCUT2D eigenvalue weighted by atomic mass is 16.5. The number of hydrogen-bond donors (Lipinski definition) is 1. The zero-order valence-electron chi connectivity index (χ0n) is 14.0. The van der Waals surface area contributed by atoms with Gasteiger partial charge in [0.1, 0.15) is 5.75 Å². The van der Waals surface area contributed by atoms with Crippen molar-refractivity contribution in [3.05, 3.63) is 42.0 Å². The Hall–Kier alpha value is -1.36. The summed E-state index contributed by atoms with van der Waals surface area (Å²) in [5.41, 5.74) is 2.50. The maximum atomic E-state index is 9.91. The lowest BCUT2D eigenvalue weighted by Crippen LogP contribution is -2.41. The lowest BCUT2D eigenvalue weighted by molar-refractivity contribution is -0.0417. The van der Waals surface area contributed by atoms with Gasteiger partial charge in [0.2, 0.25) is 0 Å². The third kappa shape index (κ3) is 3.30. The van der Waals surface area contributed by atoms with Crippen LogP contribution in [0.1, 0.15) is 17.5 Å². The molecular formula is C19H27NO3. The minimum atomic E-state index is 0.0364. The summed E-state index contributed by atoms with van der Waals surface area (Å²) in [6.07, 6.45) is 3.69. The fraction of sp³-hybridized carbons (Fsp3) is 0.579. The van der Waals surface area contributed by atoms with Crippen LogP contribution in [-0.2, 0) is 17.7 Å². The summed E-state index contributed by atoms with van der Waals surface area (Å²) in [6, 6.07) is 6.39. The summed E-state index contributed by atoms with van der Waals surface area (Å²) < 4.78 is 11.0. The molecule has 23 heavy (non-hydrogen) atoms. The van der Waals surface area contributed by atoms with E-state index >= 15 is 0 Å². The second-order valence-corrected chi connectivity index (χ2v) is 6.85. The van der Waals surface area contributed by atoms with Crippen molar-refractivity contribution in [3.8, 4) is 5.75 Å². The Balaban J connectivity index is 1.72. The molecule has 4 nitrogen and oxygen atoms in total. The average molecular weight is 317 g/mol. The zero-order valence-corrected chi connectivity index (χ0v) is 14.0. The largest absolute Gasteiger partial charge is 0.496 e. The second-order valence-electron chi connectivity index (χ2n) is 6.85. The molecule has 0 radical (unpaired) electrons. The number of allylic oxidation sites excluding steroid dienone is 1. The number of hydrogen-bond acceptors (Lipinski definition) is 4. The summed E-state index contributed by atoms with van der Waals surface area (Å²) >= 11 is 0. The summed E-state index contributed by atoms with van der Waals surface area (Å²) in [6.45, 7) is 8.52. The maximum Gasteiger partial charge on any atom is 0.122 e. The quantitative estimate of drug-likeness (QED) is 0.817. The molecule has 4 heteroatoms. The minimum absolute atomic E-state index is 0.0364. The number of methoxy groups -OCH3 is 1.